The quantitative estimate of drug-likeness (QED) is 0.918. The van der Waals surface area contributed by atoms with Crippen LogP contribution in [0.2, 0.25) is 0 Å². The lowest BCUT2D eigenvalue weighted by Gasteiger charge is -2.23. The van der Waals surface area contributed by atoms with Gasteiger partial charge in [0.05, 0.1) is 25.0 Å². The largest absolute Gasteiger partial charge is 0.490 e. The van der Waals surface area contributed by atoms with E-state index in [1.54, 1.807) is 6.20 Å². The van der Waals surface area contributed by atoms with Gasteiger partial charge in [-0.1, -0.05) is 17.3 Å². The fourth-order valence-electron chi connectivity index (χ4n) is 2.19. The van der Waals surface area contributed by atoms with Crippen LogP contribution in [0.1, 0.15) is 12.8 Å². The van der Waals surface area contributed by atoms with E-state index >= 15 is 0 Å². The zero-order valence-electron chi connectivity index (χ0n) is 10.5. The minimum absolute atomic E-state index is 0.226. The van der Waals surface area contributed by atoms with Gasteiger partial charge in [0.1, 0.15) is 11.9 Å². The van der Waals surface area contributed by atoms with Crippen molar-refractivity contribution in [2.45, 2.75) is 18.9 Å². The SMILES string of the molecule is Nc1oncc1-c1cccc(OC2CCOCC2)c1. The Bertz CT molecular complexity index is 547. The predicted molar refractivity (Wildman–Crippen MR) is 70.8 cm³/mol. The topological polar surface area (TPSA) is 70.5 Å². The van der Waals surface area contributed by atoms with E-state index in [-0.39, 0.29) is 6.10 Å². The second-order valence-electron chi connectivity index (χ2n) is 4.56. The van der Waals surface area contributed by atoms with Crippen molar-refractivity contribution < 1.29 is 14.0 Å². The lowest BCUT2D eigenvalue weighted by molar-refractivity contribution is 0.0256. The van der Waals surface area contributed by atoms with E-state index in [4.69, 9.17) is 19.7 Å². The lowest BCUT2D eigenvalue weighted by atomic mass is 10.1. The molecule has 100 valence electrons. The first-order valence-corrected chi connectivity index (χ1v) is 6.38. The number of anilines is 1. The van der Waals surface area contributed by atoms with Gasteiger partial charge in [0.15, 0.2) is 0 Å². The van der Waals surface area contributed by atoms with Gasteiger partial charge in [0.25, 0.3) is 0 Å². The van der Waals surface area contributed by atoms with Crippen LogP contribution in [0.15, 0.2) is 35.0 Å². The van der Waals surface area contributed by atoms with Crippen LogP contribution in [-0.2, 0) is 4.74 Å². The molecule has 5 heteroatoms. The number of ether oxygens (including phenoxy) is 2. The first kappa shape index (κ1) is 12.0. The van der Waals surface area contributed by atoms with Gasteiger partial charge in [-0.2, -0.15) is 0 Å². The molecule has 5 nitrogen and oxygen atoms in total. The standard InChI is InChI=1S/C14H16N2O3/c15-14-13(9-16-19-14)10-2-1-3-12(8-10)18-11-4-6-17-7-5-11/h1-3,8-9,11H,4-7,15H2. The number of nitrogens with zero attached hydrogens (tertiary/aromatic N) is 1. The molecule has 2 aromatic rings. The molecule has 1 aromatic carbocycles. The summed E-state index contributed by atoms with van der Waals surface area (Å²) in [4.78, 5) is 0. The third-order valence-corrected chi connectivity index (χ3v) is 3.21. The Morgan fingerprint density at radius 3 is 2.84 bits per heavy atom. The summed E-state index contributed by atoms with van der Waals surface area (Å²) in [5.74, 6) is 1.16. The molecule has 1 saturated heterocycles. The van der Waals surface area contributed by atoms with E-state index in [9.17, 15) is 0 Å². The van der Waals surface area contributed by atoms with Crippen LogP contribution in [0.4, 0.5) is 5.88 Å². The fourth-order valence-corrected chi connectivity index (χ4v) is 2.19. The van der Waals surface area contributed by atoms with Crippen molar-refractivity contribution in [3.05, 3.63) is 30.5 Å². The van der Waals surface area contributed by atoms with Crippen LogP contribution in [0.3, 0.4) is 0 Å². The molecule has 2 N–H and O–H groups in total. The maximum absolute atomic E-state index is 5.96. The molecule has 0 amide bonds. The Kier molecular flexibility index (Phi) is 3.37. The van der Waals surface area contributed by atoms with Gasteiger partial charge in [0, 0.05) is 12.8 Å². The maximum Gasteiger partial charge on any atom is 0.229 e. The van der Waals surface area contributed by atoms with Crippen molar-refractivity contribution in [2.75, 3.05) is 18.9 Å². The molecule has 0 bridgehead atoms. The first-order valence-electron chi connectivity index (χ1n) is 6.38. The summed E-state index contributed by atoms with van der Waals surface area (Å²) in [6.45, 7) is 1.53. The highest BCUT2D eigenvalue weighted by Crippen LogP contribution is 2.29. The number of nitrogens with two attached hydrogens (primary N) is 1. The van der Waals surface area contributed by atoms with Gasteiger partial charge in [-0.05, 0) is 17.7 Å². The Labute approximate surface area is 111 Å². The number of benzene rings is 1. The summed E-state index contributed by atoms with van der Waals surface area (Å²) in [5, 5.41) is 3.69. The Hall–Kier alpha value is -2.01. The second-order valence-corrected chi connectivity index (χ2v) is 4.56. The van der Waals surface area contributed by atoms with E-state index in [2.05, 4.69) is 5.16 Å². The minimum Gasteiger partial charge on any atom is -0.490 e. The van der Waals surface area contributed by atoms with Crippen molar-refractivity contribution >= 4 is 5.88 Å². The molecule has 0 radical (unpaired) electrons. The van der Waals surface area contributed by atoms with Gasteiger partial charge in [0.2, 0.25) is 5.88 Å². The molecule has 0 atom stereocenters. The summed E-state index contributed by atoms with van der Waals surface area (Å²) in [6.07, 6.45) is 3.70. The summed E-state index contributed by atoms with van der Waals surface area (Å²) < 4.78 is 16.2. The average Bonchev–Trinajstić information content (AvgIpc) is 2.86. The molecule has 2 heterocycles. The third kappa shape index (κ3) is 2.71. The van der Waals surface area contributed by atoms with E-state index in [0.717, 1.165) is 42.9 Å². The van der Waals surface area contributed by atoms with Crippen molar-refractivity contribution in [1.29, 1.82) is 0 Å². The van der Waals surface area contributed by atoms with Gasteiger partial charge in [-0.3, -0.25) is 0 Å². The molecule has 1 aromatic heterocycles. The highest BCUT2D eigenvalue weighted by molar-refractivity contribution is 5.72. The van der Waals surface area contributed by atoms with Crippen LogP contribution in [0.5, 0.6) is 5.75 Å². The normalized spacial score (nSPS) is 16.4. The second kappa shape index (κ2) is 5.32. The molecule has 19 heavy (non-hydrogen) atoms. The molecule has 0 saturated carbocycles. The summed E-state index contributed by atoms with van der Waals surface area (Å²) in [6, 6.07) is 7.80. The van der Waals surface area contributed by atoms with Crippen LogP contribution < -0.4 is 10.5 Å². The van der Waals surface area contributed by atoms with Crippen molar-refractivity contribution in [1.82, 2.24) is 5.16 Å². The zero-order chi connectivity index (χ0) is 13.1. The van der Waals surface area contributed by atoms with Gasteiger partial charge < -0.3 is 19.7 Å². The van der Waals surface area contributed by atoms with Gasteiger partial charge in [-0.25, -0.2) is 0 Å². The molecule has 1 fully saturated rings. The third-order valence-electron chi connectivity index (χ3n) is 3.21. The smallest absolute Gasteiger partial charge is 0.229 e. The molecule has 0 aliphatic carbocycles. The van der Waals surface area contributed by atoms with Crippen LogP contribution >= 0.6 is 0 Å². The molecule has 1 aliphatic rings. The van der Waals surface area contributed by atoms with Gasteiger partial charge >= 0.3 is 0 Å². The number of rotatable bonds is 3. The van der Waals surface area contributed by atoms with E-state index < -0.39 is 0 Å². The predicted octanol–water partition coefficient (Wildman–Crippen LogP) is 2.48. The van der Waals surface area contributed by atoms with Crippen molar-refractivity contribution in [3.63, 3.8) is 0 Å². The Morgan fingerprint density at radius 2 is 2.11 bits per heavy atom. The van der Waals surface area contributed by atoms with E-state index in [0.29, 0.717) is 5.88 Å². The van der Waals surface area contributed by atoms with Crippen molar-refractivity contribution in [3.8, 4) is 16.9 Å². The molecule has 1 aliphatic heterocycles. The first-order chi connectivity index (χ1) is 9.33. The Balaban J connectivity index is 1.78. The summed E-state index contributed by atoms with van der Waals surface area (Å²) in [7, 11) is 0. The monoisotopic (exact) mass is 260 g/mol. The maximum atomic E-state index is 5.96. The van der Waals surface area contributed by atoms with Crippen LogP contribution in [0.25, 0.3) is 11.1 Å². The van der Waals surface area contributed by atoms with Crippen LogP contribution in [-0.4, -0.2) is 24.5 Å². The number of aromatic nitrogens is 1. The van der Waals surface area contributed by atoms with Crippen molar-refractivity contribution in [2.24, 2.45) is 0 Å². The molecular formula is C14H16N2O3. The highest BCUT2D eigenvalue weighted by Gasteiger charge is 2.16. The minimum atomic E-state index is 0.226. The summed E-state index contributed by atoms with van der Waals surface area (Å²) >= 11 is 0. The summed E-state index contributed by atoms with van der Waals surface area (Å²) in [5.41, 5.74) is 7.46. The number of hydrogen-bond acceptors (Lipinski definition) is 5. The zero-order valence-corrected chi connectivity index (χ0v) is 10.5. The fraction of sp³-hybridized carbons (Fsp3) is 0.357. The average molecular weight is 260 g/mol. The molecular weight excluding hydrogens is 244 g/mol. The van der Waals surface area contributed by atoms with E-state index in [1.807, 2.05) is 24.3 Å². The lowest BCUT2D eigenvalue weighted by Crippen LogP contribution is -2.25. The van der Waals surface area contributed by atoms with Crippen LogP contribution in [0, 0.1) is 0 Å². The highest BCUT2D eigenvalue weighted by atomic mass is 16.5. The molecule has 3 rings (SSSR count). The number of hydrogen-bond donors (Lipinski definition) is 1. The number of nitrogen functional groups attached to an aromatic ring is 1. The Morgan fingerprint density at radius 1 is 1.26 bits per heavy atom. The van der Waals surface area contributed by atoms with E-state index in [1.165, 1.54) is 0 Å². The van der Waals surface area contributed by atoms with Gasteiger partial charge in [-0.15, -0.1) is 0 Å². The molecule has 0 unspecified atom stereocenters. The molecule has 0 spiro atoms.